The molecule has 0 spiro atoms. The minimum atomic E-state index is 0.532. The SMILES string of the molecule is CC(C)N(Cn1ccnn1)C(C)C. The van der Waals surface area contributed by atoms with E-state index in [1.54, 1.807) is 6.20 Å². The molecule has 0 amide bonds. The highest BCUT2D eigenvalue weighted by atomic mass is 15.5. The van der Waals surface area contributed by atoms with Crippen LogP contribution in [-0.4, -0.2) is 32.0 Å². The predicted octanol–water partition coefficient (Wildman–Crippen LogP) is 1.35. The molecule has 0 radical (unpaired) electrons. The molecule has 1 aromatic heterocycles. The van der Waals surface area contributed by atoms with Crippen molar-refractivity contribution in [1.82, 2.24) is 19.9 Å². The van der Waals surface area contributed by atoms with E-state index in [4.69, 9.17) is 0 Å². The van der Waals surface area contributed by atoms with Crippen molar-refractivity contribution >= 4 is 0 Å². The first-order valence-electron chi connectivity index (χ1n) is 4.71. The molecule has 1 rings (SSSR count). The number of aromatic nitrogens is 3. The van der Waals surface area contributed by atoms with Crippen LogP contribution in [0.1, 0.15) is 27.7 Å². The molecule has 4 heteroatoms. The third-order valence-electron chi connectivity index (χ3n) is 2.11. The summed E-state index contributed by atoms with van der Waals surface area (Å²) in [5, 5.41) is 7.73. The van der Waals surface area contributed by atoms with Gasteiger partial charge >= 0.3 is 0 Å². The van der Waals surface area contributed by atoms with E-state index in [1.165, 1.54) is 0 Å². The molecule has 4 nitrogen and oxygen atoms in total. The minimum absolute atomic E-state index is 0.532. The number of hydrogen-bond acceptors (Lipinski definition) is 3. The van der Waals surface area contributed by atoms with Gasteiger partial charge in [0.05, 0.1) is 12.9 Å². The predicted molar refractivity (Wildman–Crippen MR) is 52.1 cm³/mol. The minimum Gasteiger partial charge on any atom is -0.279 e. The fraction of sp³-hybridized carbons (Fsp3) is 0.778. The van der Waals surface area contributed by atoms with Crippen molar-refractivity contribution in [1.29, 1.82) is 0 Å². The van der Waals surface area contributed by atoms with E-state index in [0.29, 0.717) is 12.1 Å². The normalized spacial score (nSPS) is 11.9. The Bertz CT molecular complexity index is 220. The van der Waals surface area contributed by atoms with Gasteiger partial charge in [0.15, 0.2) is 0 Å². The van der Waals surface area contributed by atoms with Gasteiger partial charge in [-0.25, -0.2) is 4.68 Å². The average molecular weight is 182 g/mol. The average Bonchev–Trinajstić information content (AvgIpc) is 2.50. The standard InChI is InChI=1S/C9H18N4/c1-8(2)13(9(3)4)7-12-6-5-10-11-12/h5-6,8-9H,7H2,1-4H3. The summed E-state index contributed by atoms with van der Waals surface area (Å²) < 4.78 is 1.85. The van der Waals surface area contributed by atoms with Crippen molar-refractivity contribution in [3.8, 4) is 0 Å². The molecular formula is C9H18N4. The fourth-order valence-electron chi connectivity index (χ4n) is 1.40. The molecular weight excluding hydrogens is 164 g/mol. The maximum Gasteiger partial charge on any atom is 0.0951 e. The van der Waals surface area contributed by atoms with Crippen LogP contribution in [-0.2, 0) is 6.67 Å². The van der Waals surface area contributed by atoms with Crippen LogP contribution in [0.25, 0.3) is 0 Å². The van der Waals surface area contributed by atoms with Crippen molar-refractivity contribution in [3.63, 3.8) is 0 Å². The monoisotopic (exact) mass is 182 g/mol. The van der Waals surface area contributed by atoms with E-state index in [9.17, 15) is 0 Å². The van der Waals surface area contributed by atoms with Gasteiger partial charge in [-0.15, -0.1) is 5.10 Å². The third-order valence-corrected chi connectivity index (χ3v) is 2.11. The Morgan fingerprint density at radius 3 is 2.23 bits per heavy atom. The second kappa shape index (κ2) is 4.37. The van der Waals surface area contributed by atoms with Gasteiger partial charge < -0.3 is 0 Å². The summed E-state index contributed by atoms with van der Waals surface area (Å²) in [7, 11) is 0. The quantitative estimate of drug-likeness (QED) is 0.705. The third kappa shape index (κ3) is 2.81. The summed E-state index contributed by atoms with van der Waals surface area (Å²) >= 11 is 0. The van der Waals surface area contributed by atoms with E-state index >= 15 is 0 Å². The highest BCUT2D eigenvalue weighted by Gasteiger charge is 2.13. The Balaban J connectivity index is 2.58. The van der Waals surface area contributed by atoms with Crippen LogP contribution in [0.3, 0.4) is 0 Å². The van der Waals surface area contributed by atoms with Gasteiger partial charge in [-0.3, -0.25) is 4.90 Å². The molecule has 0 aliphatic rings. The van der Waals surface area contributed by atoms with E-state index in [0.717, 1.165) is 6.67 Å². The zero-order valence-corrected chi connectivity index (χ0v) is 8.81. The summed E-state index contributed by atoms with van der Waals surface area (Å²) in [6.45, 7) is 9.58. The van der Waals surface area contributed by atoms with Gasteiger partial charge in [-0.1, -0.05) is 5.21 Å². The van der Waals surface area contributed by atoms with Gasteiger partial charge in [-0.05, 0) is 27.7 Å². The van der Waals surface area contributed by atoms with E-state index in [2.05, 4.69) is 42.9 Å². The molecule has 0 fully saturated rings. The van der Waals surface area contributed by atoms with Crippen molar-refractivity contribution in [2.75, 3.05) is 0 Å². The van der Waals surface area contributed by atoms with Gasteiger partial charge in [-0.2, -0.15) is 0 Å². The van der Waals surface area contributed by atoms with Gasteiger partial charge in [0, 0.05) is 18.3 Å². The lowest BCUT2D eigenvalue weighted by molar-refractivity contribution is 0.122. The first kappa shape index (κ1) is 10.2. The van der Waals surface area contributed by atoms with Crippen molar-refractivity contribution in [2.24, 2.45) is 0 Å². The molecule has 0 atom stereocenters. The highest BCUT2D eigenvalue weighted by molar-refractivity contribution is 4.68. The molecule has 0 N–H and O–H groups in total. The van der Waals surface area contributed by atoms with Gasteiger partial charge in [0.1, 0.15) is 0 Å². The van der Waals surface area contributed by atoms with Crippen LogP contribution >= 0.6 is 0 Å². The molecule has 0 unspecified atom stereocenters. The van der Waals surface area contributed by atoms with Crippen LogP contribution in [0, 0.1) is 0 Å². The molecule has 0 saturated carbocycles. The number of nitrogens with zero attached hydrogens (tertiary/aromatic N) is 4. The van der Waals surface area contributed by atoms with Crippen LogP contribution in [0.15, 0.2) is 12.4 Å². The topological polar surface area (TPSA) is 34.0 Å². The second-order valence-electron chi connectivity index (χ2n) is 3.79. The molecule has 0 aliphatic carbocycles. The molecule has 1 heterocycles. The zero-order valence-electron chi connectivity index (χ0n) is 8.81. The maximum absolute atomic E-state index is 3.95. The van der Waals surface area contributed by atoms with Gasteiger partial charge in [0.2, 0.25) is 0 Å². The molecule has 1 aromatic rings. The Labute approximate surface area is 79.5 Å². The van der Waals surface area contributed by atoms with E-state index in [1.807, 2.05) is 10.9 Å². The van der Waals surface area contributed by atoms with Crippen LogP contribution in [0.2, 0.25) is 0 Å². The summed E-state index contributed by atoms with van der Waals surface area (Å²) in [6, 6.07) is 1.06. The Kier molecular flexibility index (Phi) is 3.42. The first-order chi connectivity index (χ1) is 6.11. The Morgan fingerprint density at radius 1 is 1.23 bits per heavy atom. The smallest absolute Gasteiger partial charge is 0.0951 e. The van der Waals surface area contributed by atoms with Crippen molar-refractivity contribution < 1.29 is 0 Å². The Hall–Kier alpha value is -0.900. The largest absolute Gasteiger partial charge is 0.279 e. The summed E-state index contributed by atoms with van der Waals surface area (Å²) in [6.07, 6.45) is 3.59. The molecule has 0 aliphatic heterocycles. The van der Waals surface area contributed by atoms with Crippen molar-refractivity contribution in [2.45, 2.75) is 46.4 Å². The van der Waals surface area contributed by atoms with E-state index in [-0.39, 0.29) is 0 Å². The van der Waals surface area contributed by atoms with Crippen LogP contribution in [0.4, 0.5) is 0 Å². The number of hydrogen-bond donors (Lipinski definition) is 0. The first-order valence-corrected chi connectivity index (χ1v) is 4.71. The highest BCUT2D eigenvalue weighted by Crippen LogP contribution is 2.05. The lowest BCUT2D eigenvalue weighted by Crippen LogP contribution is -2.38. The van der Waals surface area contributed by atoms with Crippen LogP contribution < -0.4 is 0 Å². The second-order valence-corrected chi connectivity index (χ2v) is 3.79. The van der Waals surface area contributed by atoms with Gasteiger partial charge in [0.25, 0.3) is 0 Å². The Morgan fingerprint density at radius 2 is 1.85 bits per heavy atom. The molecule has 13 heavy (non-hydrogen) atoms. The summed E-state index contributed by atoms with van der Waals surface area (Å²) in [5.74, 6) is 0. The molecule has 0 aromatic carbocycles. The van der Waals surface area contributed by atoms with Crippen LogP contribution in [0.5, 0.6) is 0 Å². The lowest BCUT2D eigenvalue weighted by Gasteiger charge is -2.29. The fourth-order valence-corrected chi connectivity index (χ4v) is 1.40. The van der Waals surface area contributed by atoms with Crippen molar-refractivity contribution in [3.05, 3.63) is 12.4 Å². The zero-order chi connectivity index (χ0) is 9.84. The molecule has 0 saturated heterocycles. The van der Waals surface area contributed by atoms with E-state index < -0.39 is 0 Å². The maximum atomic E-state index is 3.95. The number of rotatable bonds is 4. The lowest BCUT2D eigenvalue weighted by atomic mass is 10.2. The summed E-state index contributed by atoms with van der Waals surface area (Å²) in [5.41, 5.74) is 0. The molecule has 74 valence electrons. The summed E-state index contributed by atoms with van der Waals surface area (Å²) in [4.78, 5) is 2.36. The molecule has 0 bridgehead atoms.